The third-order valence-electron chi connectivity index (χ3n) is 2.17. The number of carboxylic acids is 3. The molecule has 5 N–H and O–H groups in total. The summed E-state index contributed by atoms with van der Waals surface area (Å²) in [5.74, 6) is -4.64. The molecule has 0 aromatic heterocycles. The van der Waals surface area contributed by atoms with Crippen molar-refractivity contribution in [2.45, 2.75) is 6.54 Å². The lowest BCUT2D eigenvalue weighted by atomic mass is 9.95. The summed E-state index contributed by atoms with van der Waals surface area (Å²) < 4.78 is 0. The van der Waals surface area contributed by atoms with Gasteiger partial charge in [0.1, 0.15) is 0 Å². The molecule has 90 valence electrons. The standard InChI is InChI=1S/C10H9NO6/c11-3-4-1-2-5(8(12)13)7(10(16)17)6(4)9(14)15/h1-2H,3,11H2,(H,12,13)(H,14,15)(H,16,17). The largest absolute Gasteiger partial charge is 0.478 e. The van der Waals surface area contributed by atoms with Gasteiger partial charge in [0.15, 0.2) is 0 Å². The van der Waals surface area contributed by atoms with E-state index in [-0.39, 0.29) is 12.1 Å². The number of hydrogen-bond donors (Lipinski definition) is 4. The number of aromatic carboxylic acids is 3. The highest BCUT2D eigenvalue weighted by Crippen LogP contribution is 2.20. The van der Waals surface area contributed by atoms with Crippen molar-refractivity contribution in [3.05, 3.63) is 34.4 Å². The van der Waals surface area contributed by atoms with Crippen molar-refractivity contribution >= 4 is 17.9 Å². The van der Waals surface area contributed by atoms with Gasteiger partial charge in [-0.15, -0.1) is 0 Å². The second kappa shape index (κ2) is 4.62. The van der Waals surface area contributed by atoms with E-state index in [1.54, 1.807) is 0 Å². The van der Waals surface area contributed by atoms with Gasteiger partial charge in [0.2, 0.25) is 0 Å². The molecule has 0 aliphatic rings. The second-order valence-corrected chi connectivity index (χ2v) is 3.14. The Kier molecular flexibility index (Phi) is 3.44. The van der Waals surface area contributed by atoms with E-state index in [0.29, 0.717) is 0 Å². The Morgan fingerprint density at radius 2 is 1.47 bits per heavy atom. The summed E-state index contributed by atoms with van der Waals surface area (Å²) in [7, 11) is 0. The van der Waals surface area contributed by atoms with E-state index in [2.05, 4.69) is 0 Å². The molecule has 0 bridgehead atoms. The maximum atomic E-state index is 11.0. The first kappa shape index (κ1) is 12.7. The minimum absolute atomic E-state index is 0.0694. The molecule has 0 amide bonds. The van der Waals surface area contributed by atoms with Gasteiger partial charge < -0.3 is 21.1 Å². The first-order valence-corrected chi connectivity index (χ1v) is 4.46. The van der Waals surface area contributed by atoms with E-state index in [1.807, 2.05) is 0 Å². The predicted octanol–water partition coefficient (Wildman–Crippen LogP) is 0.240. The highest BCUT2D eigenvalue weighted by atomic mass is 16.4. The van der Waals surface area contributed by atoms with Crippen LogP contribution < -0.4 is 5.73 Å². The van der Waals surface area contributed by atoms with Crippen LogP contribution in [-0.4, -0.2) is 33.2 Å². The summed E-state index contributed by atoms with van der Waals surface area (Å²) >= 11 is 0. The average Bonchev–Trinajstić information content (AvgIpc) is 2.26. The van der Waals surface area contributed by atoms with E-state index in [1.165, 1.54) is 6.07 Å². The molecular weight excluding hydrogens is 230 g/mol. The molecule has 0 saturated carbocycles. The van der Waals surface area contributed by atoms with Crippen LogP contribution in [0.5, 0.6) is 0 Å². The lowest BCUT2D eigenvalue weighted by Crippen LogP contribution is -2.18. The summed E-state index contributed by atoms with van der Waals surface area (Å²) in [4.78, 5) is 32.7. The number of carbonyl (C=O) groups is 3. The van der Waals surface area contributed by atoms with E-state index >= 15 is 0 Å². The van der Waals surface area contributed by atoms with Crippen LogP contribution in [0.1, 0.15) is 36.6 Å². The van der Waals surface area contributed by atoms with Crippen LogP contribution >= 0.6 is 0 Å². The molecule has 0 spiro atoms. The average molecular weight is 239 g/mol. The van der Waals surface area contributed by atoms with Gasteiger partial charge in [0.05, 0.1) is 16.7 Å². The second-order valence-electron chi connectivity index (χ2n) is 3.14. The maximum Gasteiger partial charge on any atom is 0.337 e. The molecule has 0 radical (unpaired) electrons. The van der Waals surface area contributed by atoms with Crippen molar-refractivity contribution in [3.63, 3.8) is 0 Å². The molecule has 1 aromatic carbocycles. The molecule has 7 nitrogen and oxygen atoms in total. The van der Waals surface area contributed by atoms with Crippen molar-refractivity contribution in [3.8, 4) is 0 Å². The molecule has 0 atom stereocenters. The number of carboxylic acid groups (broad SMARTS) is 3. The molecule has 7 heteroatoms. The van der Waals surface area contributed by atoms with Crippen LogP contribution in [0, 0.1) is 0 Å². The van der Waals surface area contributed by atoms with Crippen molar-refractivity contribution in [2.24, 2.45) is 5.73 Å². The Balaban J connectivity index is 3.71. The lowest BCUT2D eigenvalue weighted by molar-refractivity contribution is 0.0632. The summed E-state index contributed by atoms with van der Waals surface area (Å²) in [6, 6.07) is 2.22. The van der Waals surface area contributed by atoms with Gasteiger partial charge in [-0.3, -0.25) is 0 Å². The van der Waals surface area contributed by atoms with Crippen LogP contribution in [0.25, 0.3) is 0 Å². The summed E-state index contributed by atoms with van der Waals surface area (Å²) in [5, 5.41) is 26.6. The zero-order valence-corrected chi connectivity index (χ0v) is 8.51. The molecule has 0 saturated heterocycles. The Bertz CT molecular complexity index is 508. The van der Waals surface area contributed by atoms with Gasteiger partial charge in [0, 0.05) is 6.54 Å². The molecular formula is C10H9NO6. The Morgan fingerprint density at radius 3 is 1.82 bits per heavy atom. The van der Waals surface area contributed by atoms with Crippen LogP contribution in [0.4, 0.5) is 0 Å². The van der Waals surface area contributed by atoms with Crippen molar-refractivity contribution in [1.82, 2.24) is 0 Å². The molecule has 0 unspecified atom stereocenters. The topological polar surface area (TPSA) is 138 Å². The summed E-state index contributed by atoms with van der Waals surface area (Å²) in [6.45, 7) is -0.193. The summed E-state index contributed by atoms with van der Waals surface area (Å²) in [5.41, 5.74) is 3.43. The monoisotopic (exact) mass is 239 g/mol. The smallest absolute Gasteiger partial charge is 0.337 e. The molecule has 1 aromatic rings. The molecule has 0 aliphatic carbocycles. The van der Waals surface area contributed by atoms with Gasteiger partial charge >= 0.3 is 17.9 Å². The zero-order valence-electron chi connectivity index (χ0n) is 8.51. The number of benzene rings is 1. The fraction of sp³-hybridized carbons (Fsp3) is 0.100. The quantitative estimate of drug-likeness (QED) is 0.590. The summed E-state index contributed by atoms with van der Waals surface area (Å²) in [6.07, 6.45) is 0. The Hall–Kier alpha value is -2.41. The molecule has 17 heavy (non-hydrogen) atoms. The number of rotatable bonds is 4. The van der Waals surface area contributed by atoms with E-state index in [9.17, 15) is 14.4 Å². The number of nitrogens with two attached hydrogens (primary N) is 1. The molecule has 0 aliphatic heterocycles. The molecule has 0 fully saturated rings. The van der Waals surface area contributed by atoms with Crippen LogP contribution in [0.2, 0.25) is 0 Å². The highest BCUT2D eigenvalue weighted by Gasteiger charge is 2.26. The molecule has 1 rings (SSSR count). The van der Waals surface area contributed by atoms with Gasteiger partial charge in [-0.25, -0.2) is 14.4 Å². The van der Waals surface area contributed by atoms with Crippen molar-refractivity contribution in [1.29, 1.82) is 0 Å². The molecule has 0 heterocycles. The van der Waals surface area contributed by atoms with Gasteiger partial charge in [-0.1, -0.05) is 6.07 Å². The predicted molar refractivity (Wildman–Crippen MR) is 55.2 cm³/mol. The highest BCUT2D eigenvalue weighted by molar-refractivity contribution is 6.09. The maximum absolute atomic E-state index is 11.0. The first-order valence-electron chi connectivity index (χ1n) is 4.46. The normalized spacial score (nSPS) is 9.94. The van der Waals surface area contributed by atoms with Gasteiger partial charge in [-0.05, 0) is 11.6 Å². The van der Waals surface area contributed by atoms with E-state index in [4.69, 9.17) is 21.1 Å². The van der Waals surface area contributed by atoms with Crippen molar-refractivity contribution in [2.75, 3.05) is 0 Å². The van der Waals surface area contributed by atoms with E-state index < -0.39 is 34.6 Å². The Labute approximate surface area is 95.1 Å². The van der Waals surface area contributed by atoms with Crippen LogP contribution in [-0.2, 0) is 6.54 Å². The van der Waals surface area contributed by atoms with Gasteiger partial charge in [-0.2, -0.15) is 0 Å². The third-order valence-corrected chi connectivity index (χ3v) is 2.17. The zero-order chi connectivity index (χ0) is 13.2. The minimum atomic E-state index is -1.62. The fourth-order valence-corrected chi connectivity index (χ4v) is 1.46. The van der Waals surface area contributed by atoms with Crippen LogP contribution in [0.15, 0.2) is 12.1 Å². The third kappa shape index (κ3) is 2.23. The van der Waals surface area contributed by atoms with E-state index in [0.717, 1.165) is 6.07 Å². The fourth-order valence-electron chi connectivity index (χ4n) is 1.46. The van der Waals surface area contributed by atoms with Crippen LogP contribution in [0.3, 0.4) is 0 Å². The lowest BCUT2D eigenvalue weighted by Gasteiger charge is -2.09. The van der Waals surface area contributed by atoms with Gasteiger partial charge in [0.25, 0.3) is 0 Å². The number of hydrogen-bond acceptors (Lipinski definition) is 4. The SMILES string of the molecule is NCc1ccc(C(=O)O)c(C(=O)O)c1C(=O)O. The first-order chi connectivity index (χ1) is 7.90. The van der Waals surface area contributed by atoms with Crippen molar-refractivity contribution < 1.29 is 29.7 Å². The minimum Gasteiger partial charge on any atom is -0.478 e. The Morgan fingerprint density at radius 1 is 0.941 bits per heavy atom.